The molecule has 0 aromatic carbocycles. The number of rotatable bonds is 2. The molecule has 3 rings (SSSR count). The van der Waals surface area contributed by atoms with Gasteiger partial charge in [-0.2, -0.15) is 13.2 Å². The number of aromatic nitrogens is 2. The molecular formula is C13H19Cl2F3N4. The summed E-state index contributed by atoms with van der Waals surface area (Å²) in [5, 5.41) is 3.36. The zero-order valence-electron chi connectivity index (χ0n) is 12.1. The largest absolute Gasteiger partial charge is 0.451 e. The predicted molar refractivity (Wildman–Crippen MR) is 81.4 cm³/mol. The molecule has 2 aliphatic heterocycles. The molecule has 2 saturated heterocycles. The van der Waals surface area contributed by atoms with Crippen LogP contribution in [0.1, 0.15) is 23.5 Å². The molecule has 2 fully saturated rings. The van der Waals surface area contributed by atoms with Gasteiger partial charge in [-0.05, 0) is 32.4 Å². The average molecular weight is 359 g/mol. The highest BCUT2D eigenvalue weighted by Gasteiger charge is 2.38. The molecule has 3 heterocycles. The number of hydrogen-bond donors (Lipinski definition) is 1. The quantitative estimate of drug-likeness (QED) is 0.881. The van der Waals surface area contributed by atoms with Gasteiger partial charge in [0.15, 0.2) is 0 Å². The first-order chi connectivity index (χ1) is 9.45. The van der Waals surface area contributed by atoms with Gasteiger partial charge >= 0.3 is 6.18 Å². The van der Waals surface area contributed by atoms with Crippen LogP contribution in [0.5, 0.6) is 0 Å². The first kappa shape index (κ1) is 19.4. The Balaban J connectivity index is 0.00000121. The zero-order chi connectivity index (χ0) is 14.3. The van der Waals surface area contributed by atoms with Crippen molar-refractivity contribution >= 4 is 24.8 Å². The lowest BCUT2D eigenvalue weighted by Gasteiger charge is -2.23. The molecule has 0 aliphatic carbocycles. The van der Waals surface area contributed by atoms with Crippen molar-refractivity contribution in [2.45, 2.75) is 32.1 Å². The summed E-state index contributed by atoms with van der Waals surface area (Å²) in [4.78, 5) is 9.38. The van der Waals surface area contributed by atoms with Gasteiger partial charge in [0.25, 0.3) is 0 Å². The summed E-state index contributed by atoms with van der Waals surface area (Å²) in [6.45, 7) is 5.26. The third-order valence-electron chi connectivity index (χ3n) is 4.27. The topological polar surface area (TPSA) is 41.1 Å². The summed E-state index contributed by atoms with van der Waals surface area (Å²) in [5.74, 6) is -0.383. The number of aryl methyl sites for hydroxylation is 1. The summed E-state index contributed by atoms with van der Waals surface area (Å²) in [6, 6.07) is 0.497. The van der Waals surface area contributed by atoms with Gasteiger partial charge in [-0.1, -0.05) is 0 Å². The zero-order valence-corrected chi connectivity index (χ0v) is 13.7. The minimum absolute atomic E-state index is 0. The molecule has 0 spiro atoms. The van der Waals surface area contributed by atoms with Gasteiger partial charge in [-0.25, -0.2) is 9.97 Å². The van der Waals surface area contributed by atoms with E-state index < -0.39 is 12.0 Å². The minimum Gasteiger partial charge on any atom is -0.315 e. The Kier molecular flexibility index (Phi) is 6.44. The molecule has 1 N–H and O–H groups in total. The molecule has 1 aromatic heterocycles. The van der Waals surface area contributed by atoms with Gasteiger partial charge in [-0.15, -0.1) is 24.8 Å². The Hall–Kier alpha value is -0.630. The van der Waals surface area contributed by atoms with Gasteiger partial charge in [0.2, 0.25) is 5.82 Å². The third kappa shape index (κ3) is 3.82. The van der Waals surface area contributed by atoms with Crippen LogP contribution in [0.15, 0.2) is 6.20 Å². The van der Waals surface area contributed by atoms with E-state index in [2.05, 4.69) is 20.2 Å². The standard InChI is InChI=1S/C13H17F3N4.2ClH/c1-8-10(5-18-12(19-8)13(14,15)16)7-20-3-2-9-4-17-6-11(9)20;;/h5,9,11,17H,2-4,6-7H2,1H3;2*1H/t9-,11+;;/m0../s1. The van der Waals surface area contributed by atoms with Crippen LogP contribution in [0, 0.1) is 12.8 Å². The normalized spacial score (nSPS) is 24.5. The van der Waals surface area contributed by atoms with Gasteiger partial charge in [0.1, 0.15) is 0 Å². The number of nitrogens with one attached hydrogen (secondary N) is 1. The van der Waals surface area contributed by atoms with Crippen molar-refractivity contribution in [1.82, 2.24) is 20.2 Å². The lowest BCUT2D eigenvalue weighted by molar-refractivity contribution is -0.145. The van der Waals surface area contributed by atoms with Crippen molar-refractivity contribution in [2.24, 2.45) is 5.92 Å². The second kappa shape index (κ2) is 7.29. The van der Waals surface area contributed by atoms with Crippen LogP contribution < -0.4 is 5.32 Å². The SMILES string of the molecule is Cc1nc(C(F)(F)F)ncc1CN1CC[C@H]2CNC[C@H]21.Cl.Cl. The molecule has 0 bridgehead atoms. The molecule has 2 atom stereocenters. The molecule has 22 heavy (non-hydrogen) atoms. The molecule has 9 heteroatoms. The van der Waals surface area contributed by atoms with Crippen molar-refractivity contribution in [3.05, 3.63) is 23.3 Å². The van der Waals surface area contributed by atoms with E-state index in [1.807, 2.05) is 0 Å². The highest BCUT2D eigenvalue weighted by atomic mass is 35.5. The van der Waals surface area contributed by atoms with E-state index >= 15 is 0 Å². The van der Waals surface area contributed by atoms with Crippen molar-refractivity contribution in [3.63, 3.8) is 0 Å². The maximum Gasteiger partial charge on any atom is 0.451 e. The number of alkyl halides is 3. The molecule has 0 amide bonds. The Labute approximate surface area is 139 Å². The molecule has 4 nitrogen and oxygen atoms in total. The Bertz CT molecular complexity index is 513. The van der Waals surface area contributed by atoms with Crippen LogP contribution in [0.25, 0.3) is 0 Å². The highest BCUT2D eigenvalue weighted by molar-refractivity contribution is 5.85. The van der Waals surface area contributed by atoms with E-state index in [1.54, 1.807) is 6.92 Å². The second-order valence-corrected chi connectivity index (χ2v) is 5.55. The van der Waals surface area contributed by atoms with Gasteiger partial charge in [0.05, 0.1) is 0 Å². The highest BCUT2D eigenvalue weighted by Crippen LogP contribution is 2.30. The molecular weight excluding hydrogens is 340 g/mol. The van der Waals surface area contributed by atoms with E-state index in [-0.39, 0.29) is 24.8 Å². The van der Waals surface area contributed by atoms with E-state index in [0.29, 0.717) is 24.2 Å². The van der Waals surface area contributed by atoms with Crippen molar-refractivity contribution in [3.8, 4) is 0 Å². The molecule has 2 aliphatic rings. The fourth-order valence-corrected chi connectivity index (χ4v) is 3.14. The number of halogens is 5. The fourth-order valence-electron chi connectivity index (χ4n) is 3.14. The number of nitrogens with zero attached hydrogens (tertiary/aromatic N) is 3. The maximum absolute atomic E-state index is 12.5. The van der Waals surface area contributed by atoms with Crippen molar-refractivity contribution < 1.29 is 13.2 Å². The number of likely N-dealkylation sites (tertiary alicyclic amines) is 1. The van der Waals surface area contributed by atoms with E-state index in [1.165, 1.54) is 6.20 Å². The van der Waals surface area contributed by atoms with E-state index in [9.17, 15) is 13.2 Å². The Morgan fingerprint density at radius 2 is 2.05 bits per heavy atom. The van der Waals surface area contributed by atoms with E-state index in [4.69, 9.17) is 0 Å². The lowest BCUT2D eigenvalue weighted by Crippen LogP contribution is -2.34. The van der Waals surface area contributed by atoms with Crippen molar-refractivity contribution in [1.29, 1.82) is 0 Å². The summed E-state index contributed by atoms with van der Waals surface area (Å²) in [7, 11) is 0. The van der Waals surface area contributed by atoms with Crippen LogP contribution in [0.2, 0.25) is 0 Å². The molecule has 0 saturated carbocycles. The third-order valence-corrected chi connectivity index (χ3v) is 4.27. The first-order valence-corrected chi connectivity index (χ1v) is 6.79. The molecule has 126 valence electrons. The van der Waals surface area contributed by atoms with Gasteiger partial charge in [0, 0.05) is 36.6 Å². The van der Waals surface area contributed by atoms with Gasteiger partial charge in [-0.3, -0.25) is 4.90 Å². The van der Waals surface area contributed by atoms with Crippen LogP contribution in [-0.2, 0) is 12.7 Å². The fraction of sp³-hybridized carbons (Fsp3) is 0.692. The van der Waals surface area contributed by atoms with Crippen LogP contribution in [-0.4, -0.2) is 40.5 Å². The monoisotopic (exact) mass is 358 g/mol. The smallest absolute Gasteiger partial charge is 0.315 e. The Morgan fingerprint density at radius 3 is 2.68 bits per heavy atom. The van der Waals surface area contributed by atoms with Gasteiger partial charge < -0.3 is 5.32 Å². The summed E-state index contributed by atoms with van der Waals surface area (Å²) < 4.78 is 37.6. The maximum atomic E-state index is 12.5. The number of fused-ring (bicyclic) bond motifs is 1. The van der Waals surface area contributed by atoms with E-state index in [0.717, 1.165) is 31.6 Å². The molecule has 1 aromatic rings. The van der Waals surface area contributed by atoms with Crippen LogP contribution in [0.4, 0.5) is 13.2 Å². The number of hydrogen-bond acceptors (Lipinski definition) is 4. The van der Waals surface area contributed by atoms with Crippen LogP contribution >= 0.6 is 24.8 Å². The summed E-state index contributed by atoms with van der Waals surface area (Å²) in [5.41, 5.74) is 1.20. The predicted octanol–water partition coefficient (Wildman–Crippen LogP) is 2.44. The minimum atomic E-state index is -4.47. The lowest BCUT2D eigenvalue weighted by atomic mass is 10.1. The summed E-state index contributed by atoms with van der Waals surface area (Å²) >= 11 is 0. The van der Waals surface area contributed by atoms with Crippen molar-refractivity contribution in [2.75, 3.05) is 19.6 Å². The molecule has 0 unspecified atom stereocenters. The molecule has 0 radical (unpaired) electrons. The average Bonchev–Trinajstić information content (AvgIpc) is 2.95. The summed E-state index contributed by atoms with van der Waals surface area (Å²) in [6.07, 6.45) is -2.00. The second-order valence-electron chi connectivity index (χ2n) is 5.55. The Morgan fingerprint density at radius 1 is 1.32 bits per heavy atom. The first-order valence-electron chi connectivity index (χ1n) is 6.79. The van der Waals surface area contributed by atoms with Crippen LogP contribution in [0.3, 0.4) is 0 Å².